The van der Waals surface area contributed by atoms with E-state index in [0.29, 0.717) is 24.8 Å². The van der Waals surface area contributed by atoms with E-state index in [-0.39, 0.29) is 5.78 Å². The molecule has 0 amide bonds. The Balaban J connectivity index is 2.17. The van der Waals surface area contributed by atoms with Crippen LogP contribution >= 0.6 is 0 Å². The van der Waals surface area contributed by atoms with Gasteiger partial charge in [0.2, 0.25) is 0 Å². The number of nitrogens with two attached hydrogens (primary N) is 1. The lowest BCUT2D eigenvalue weighted by Crippen LogP contribution is -2.46. The van der Waals surface area contributed by atoms with E-state index < -0.39 is 5.60 Å². The first kappa shape index (κ1) is 15.0. The van der Waals surface area contributed by atoms with Gasteiger partial charge in [0.05, 0.1) is 0 Å². The van der Waals surface area contributed by atoms with Gasteiger partial charge in [-0.15, -0.1) is 0 Å². The minimum Gasteiger partial charge on any atom is -0.383 e. The van der Waals surface area contributed by atoms with Crippen molar-refractivity contribution >= 4 is 11.6 Å². The largest absolute Gasteiger partial charge is 0.383 e. The van der Waals surface area contributed by atoms with Crippen LogP contribution < -0.4 is 5.73 Å². The molecule has 0 radical (unpaired) electrons. The van der Waals surface area contributed by atoms with E-state index >= 15 is 0 Å². The molecule has 20 heavy (non-hydrogen) atoms. The van der Waals surface area contributed by atoms with Crippen LogP contribution in [0.3, 0.4) is 0 Å². The van der Waals surface area contributed by atoms with Gasteiger partial charge in [-0.3, -0.25) is 4.79 Å². The molecule has 2 unspecified atom stereocenters. The van der Waals surface area contributed by atoms with Crippen LogP contribution in [-0.2, 0) is 16.0 Å². The summed E-state index contributed by atoms with van der Waals surface area (Å²) in [7, 11) is 0. The molecule has 0 aliphatic heterocycles. The highest BCUT2D eigenvalue weighted by Crippen LogP contribution is 2.36. The average molecular weight is 276 g/mol. The van der Waals surface area contributed by atoms with Gasteiger partial charge < -0.3 is 10.5 Å². The van der Waals surface area contributed by atoms with Gasteiger partial charge in [-0.05, 0) is 38.2 Å². The number of carbonyl (C=O) groups is 1. The Kier molecular flexibility index (Phi) is 4.76. The van der Waals surface area contributed by atoms with Gasteiger partial charge in [-0.1, -0.05) is 19.4 Å². The van der Waals surface area contributed by atoms with Crippen molar-refractivity contribution in [2.24, 2.45) is 5.92 Å². The molecule has 1 fully saturated rings. The van der Waals surface area contributed by atoms with Gasteiger partial charge in [-0.2, -0.15) is 0 Å². The molecule has 1 heterocycles. The van der Waals surface area contributed by atoms with Crippen molar-refractivity contribution in [3.8, 4) is 0 Å². The molecule has 1 aliphatic rings. The van der Waals surface area contributed by atoms with Crippen LogP contribution in [-0.4, -0.2) is 23.0 Å². The number of nitrogen functional groups attached to an aromatic ring is 1. The summed E-state index contributed by atoms with van der Waals surface area (Å²) in [6.45, 7) is 4.71. The van der Waals surface area contributed by atoms with Crippen molar-refractivity contribution < 1.29 is 9.53 Å². The molecule has 0 saturated heterocycles. The number of Topliss-reactive ketones (excluding diaryl/α,β-unsaturated/α-hetero) is 1. The summed E-state index contributed by atoms with van der Waals surface area (Å²) in [4.78, 5) is 16.8. The summed E-state index contributed by atoms with van der Waals surface area (Å²) < 4.78 is 5.90. The number of anilines is 1. The fraction of sp³-hybridized carbons (Fsp3) is 0.625. The summed E-state index contributed by atoms with van der Waals surface area (Å²) in [5, 5.41) is 0. The van der Waals surface area contributed by atoms with Crippen molar-refractivity contribution in [2.75, 3.05) is 12.3 Å². The van der Waals surface area contributed by atoms with E-state index in [4.69, 9.17) is 10.5 Å². The van der Waals surface area contributed by atoms with Gasteiger partial charge >= 0.3 is 0 Å². The minimum absolute atomic E-state index is 0.144. The molecule has 2 atom stereocenters. The number of rotatable bonds is 5. The zero-order chi connectivity index (χ0) is 14.6. The van der Waals surface area contributed by atoms with E-state index in [1.54, 1.807) is 6.20 Å². The van der Waals surface area contributed by atoms with E-state index in [1.165, 1.54) is 6.42 Å². The molecular weight excluding hydrogens is 252 g/mol. The van der Waals surface area contributed by atoms with Crippen LogP contribution in [0, 0.1) is 5.92 Å². The Labute approximate surface area is 120 Å². The number of hydrogen-bond donors (Lipinski definition) is 1. The second-order valence-corrected chi connectivity index (χ2v) is 5.78. The highest BCUT2D eigenvalue weighted by molar-refractivity contribution is 5.90. The number of nitrogens with zero attached hydrogens (tertiary/aromatic N) is 1. The lowest BCUT2D eigenvalue weighted by molar-refractivity contribution is -0.150. The van der Waals surface area contributed by atoms with Crippen molar-refractivity contribution in [2.45, 2.75) is 51.6 Å². The topological polar surface area (TPSA) is 65.2 Å². The molecule has 0 aromatic carbocycles. The number of aromatic nitrogens is 1. The number of pyridine rings is 1. The van der Waals surface area contributed by atoms with Gasteiger partial charge in [0.15, 0.2) is 5.78 Å². The van der Waals surface area contributed by atoms with E-state index in [9.17, 15) is 4.79 Å². The molecule has 1 aliphatic carbocycles. The van der Waals surface area contributed by atoms with Crippen molar-refractivity contribution in [1.82, 2.24) is 4.98 Å². The Morgan fingerprint density at radius 3 is 3.05 bits per heavy atom. The van der Waals surface area contributed by atoms with Crippen LogP contribution in [0.4, 0.5) is 5.82 Å². The van der Waals surface area contributed by atoms with Crippen LogP contribution in [0.25, 0.3) is 0 Å². The molecule has 4 heteroatoms. The predicted octanol–water partition coefficient (Wildman–Crippen LogP) is 2.76. The number of hydrogen-bond acceptors (Lipinski definition) is 4. The van der Waals surface area contributed by atoms with Gasteiger partial charge in [0.1, 0.15) is 11.4 Å². The monoisotopic (exact) mass is 276 g/mol. The Morgan fingerprint density at radius 1 is 1.60 bits per heavy atom. The lowest BCUT2D eigenvalue weighted by Gasteiger charge is -2.38. The molecule has 0 spiro atoms. The molecule has 110 valence electrons. The normalized spacial score (nSPS) is 26.4. The number of carbonyl (C=O) groups excluding carboxylic acids is 1. The number of ketones is 1. The Bertz CT molecular complexity index is 471. The van der Waals surface area contributed by atoms with E-state index in [1.807, 2.05) is 19.1 Å². The van der Waals surface area contributed by atoms with E-state index in [0.717, 1.165) is 24.8 Å². The first-order valence-corrected chi connectivity index (χ1v) is 7.44. The fourth-order valence-corrected chi connectivity index (χ4v) is 3.18. The first-order chi connectivity index (χ1) is 9.57. The maximum atomic E-state index is 12.8. The van der Waals surface area contributed by atoms with Crippen molar-refractivity contribution in [3.63, 3.8) is 0 Å². The molecule has 2 rings (SSSR count). The van der Waals surface area contributed by atoms with E-state index in [2.05, 4.69) is 11.9 Å². The van der Waals surface area contributed by atoms with Gasteiger partial charge in [-0.25, -0.2) is 4.98 Å². The highest BCUT2D eigenvalue weighted by Gasteiger charge is 2.42. The summed E-state index contributed by atoms with van der Waals surface area (Å²) in [6, 6.07) is 3.68. The molecule has 1 aromatic rings. The second-order valence-electron chi connectivity index (χ2n) is 5.78. The van der Waals surface area contributed by atoms with Crippen LogP contribution in [0.2, 0.25) is 0 Å². The van der Waals surface area contributed by atoms with Gasteiger partial charge in [0.25, 0.3) is 0 Å². The zero-order valence-corrected chi connectivity index (χ0v) is 12.4. The predicted molar refractivity (Wildman–Crippen MR) is 79.3 cm³/mol. The van der Waals surface area contributed by atoms with Crippen molar-refractivity contribution in [3.05, 3.63) is 23.9 Å². The lowest BCUT2D eigenvalue weighted by atomic mass is 9.75. The smallest absolute Gasteiger partial charge is 0.169 e. The quantitative estimate of drug-likeness (QED) is 0.898. The van der Waals surface area contributed by atoms with Crippen LogP contribution in [0.5, 0.6) is 0 Å². The third-order valence-corrected chi connectivity index (χ3v) is 4.16. The molecule has 0 bridgehead atoms. The highest BCUT2D eigenvalue weighted by atomic mass is 16.5. The Morgan fingerprint density at radius 2 is 2.40 bits per heavy atom. The maximum absolute atomic E-state index is 12.8. The summed E-state index contributed by atoms with van der Waals surface area (Å²) >= 11 is 0. The van der Waals surface area contributed by atoms with Crippen molar-refractivity contribution in [1.29, 1.82) is 0 Å². The standard InChI is InChI=1S/C16H24N2O2/c1-3-20-16(8-4-6-12(2)11-16)14(19)10-13-7-5-9-18-15(13)17/h5,7,9,12H,3-4,6,8,10-11H2,1-2H3,(H2,17,18). The zero-order valence-electron chi connectivity index (χ0n) is 12.4. The second kappa shape index (κ2) is 6.35. The molecule has 4 nitrogen and oxygen atoms in total. The van der Waals surface area contributed by atoms with Crippen LogP contribution in [0.1, 0.15) is 45.1 Å². The molecule has 1 saturated carbocycles. The third-order valence-electron chi connectivity index (χ3n) is 4.16. The number of ether oxygens (including phenoxy) is 1. The summed E-state index contributed by atoms with van der Waals surface area (Å²) in [5.41, 5.74) is 6.02. The summed E-state index contributed by atoms with van der Waals surface area (Å²) in [6.07, 6.45) is 5.83. The Hall–Kier alpha value is -1.42. The molecular formula is C16H24N2O2. The minimum atomic E-state index is -0.616. The van der Waals surface area contributed by atoms with Gasteiger partial charge in [0, 0.05) is 24.8 Å². The first-order valence-electron chi connectivity index (χ1n) is 7.44. The van der Waals surface area contributed by atoms with Crippen LogP contribution in [0.15, 0.2) is 18.3 Å². The fourth-order valence-electron chi connectivity index (χ4n) is 3.18. The maximum Gasteiger partial charge on any atom is 0.169 e. The summed E-state index contributed by atoms with van der Waals surface area (Å²) in [5.74, 6) is 1.12. The molecule has 1 aromatic heterocycles. The third kappa shape index (κ3) is 3.18. The SMILES string of the molecule is CCOC1(C(=O)Cc2cccnc2N)CCCC(C)C1. The average Bonchev–Trinajstić information content (AvgIpc) is 2.41. The molecule has 2 N–H and O–H groups in total.